The lowest BCUT2D eigenvalue weighted by Gasteiger charge is -2.24. The summed E-state index contributed by atoms with van der Waals surface area (Å²) >= 11 is 0. The second-order valence-electron chi connectivity index (χ2n) is 2.87. The molecule has 4 radical (unpaired) electrons. The molecule has 0 bridgehead atoms. The second-order valence-corrected chi connectivity index (χ2v) is 2.87. The van der Waals surface area contributed by atoms with Crippen LogP contribution in [-0.2, 0) is 9.47 Å². The summed E-state index contributed by atoms with van der Waals surface area (Å²) in [5.74, 6) is 0. The standard InChI is InChI=1S/C8H10O2/c1-8(6-10-8)7-4-2-3-5-9-7/h2-5,7H,6H2,1H3/t7-,8+/m1/s1. The molecular weight excluding hydrogens is 128 g/mol. The molecule has 0 aromatic rings. The molecule has 2 atom stereocenters. The molecule has 2 heterocycles. The molecular formula is C8H10O2. The first-order chi connectivity index (χ1) is 4.81. The molecule has 2 aliphatic rings. The summed E-state index contributed by atoms with van der Waals surface area (Å²) in [5, 5.41) is 0. The Balaban J connectivity index is 1.91. The average Bonchev–Trinajstić information content (AvgIpc) is 2.72. The Morgan fingerprint density at radius 1 is 1.50 bits per heavy atom. The molecule has 0 aromatic heterocycles. The minimum absolute atomic E-state index is 0.0404. The summed E-state index contributed by atoms with van der Waals surface area (Å²) < 4.78 is 10.5. The lowest BCUT2D eigenvalue weighted by molar-refractivity contribution is 0.0628. The van der Waals surface area contributed by atoms with E-state index in [1.807, 2.05) is 19.3 Å². The molecule has 0 aromatic carbocycles. The predicted octanol–water partition coefficient (Wildman–Crippen LogP) is 0.949. The molecule has 2 rings (SSSR count). The Hall–Kier alpha value is -0.0800. The van der Waals surface area contributed by atoms with Gasteiger partial charge in [0.1, 0.15) is 5.60 Å². The van der Waals surface area contributed by atoms with Gasteiger partial charge in [0.05, 0.1) is 19.3 Å². The Labute approximate surface area is 61.5 Å². The van der Waals surface area contributed by atoms with Crippen LogP contribution < -0.4 is 0 Å². The van der Waals surface area contributed by atoms with Crippen molar-refractivity contribution in [1.29, 1.82) is 0 Å². The van der Waals surface area contributed by atoms with Crippen LogP contribution in [0.1, 0.15) is 6.92 Å². The smallest absolute Gasteiger partial charge is 0.115 e. The van der Waals surface area contributed by atoms with Crippen molar-refractivity contribution in [1.82, 2.24) is 0 Å². The lowest BCUT2D eigenvalue weighted by Crippen LogP contribution is -2.32. The van der Waals surface area contributed by atoms with Crippen molar-refractivity contribution >= 4 is 0 Å². The van der Waals surface area contributed by atoms with Crippen molar-refractivity contribution in [3.8, 4) is 0 Å². The van der Waals surface area contributed by atoms with Gasteiger partial charge in [-0.15, -0.1) is 0 Å². The molecule has 2 heteroatoms. The van der Waals surface area contributed by atoms with Gasteiger partial charge in [-0.3, -0.25) is 0 Å². The summed E-state index contributed by atoms with van der Waals surface area (Å²) in [6.07, 6.45) is 6.01. The van der Waals surface area contributed by atoms with Gasteiger partial charge in [-0.05, 0) is 26.2 Å². The maximum atomic E-state index is 5.31. The summed E-state index contributed by atoms with van der Waals surface area (Å²) in [5.41, 5.74) is -0.0404. The fourth-order valence-electron chi connectivity index (χ4n) is 1.01. The Kier molecular flexibility index (Phi) is 1.46. The third kappa shape index (κ3) is 1.06. The van der Waals surface area contributed by atoms with Crippen molar-refractivity contribution < 1.29 is 9.47 Å². The van der Waals surface area contributed by atoms with Gasteiger partial charge in [-0.1, -0.05) is 0 Å². The van der Waals surface area contributed by atoms with Crippen LogP contribution in [0, 0.1) is 25.9 Å². The van der Waals surface area contributed by atoms with Crippen molar-refractivity contribution in [3.63, 3.8) is 0 Å². The Morgan fingerprint density at radius 2 is 2.30 bits per heavy atom. The van der Waals surface area contributed by atoms with Crippen molar-refractivity contribution in [3.05, 3.63) is 25.9 Å². The summed E-state index contributed by atoms with van der Waals surface area (Å²) in [6.45, 7) is 4.58. The van der Waals surface area contributed by atoms with Gasteiger partial charge in [0.25, 0.3) is 0 Å². The second kappa shape index (κ2) is 2.21. The van der Waals surface area contributed by atoms with Crippen LogP contribution in [0.2, 0.25) is 0 Å². The first-order valence-corrected chi connectivity index (χ1v) is 3.44. The largest absolute Gasteiger partial charge is 0.369 e. The van der Waals surface area contributed by atoms with E-state index >= 15 is 0 Å². The van der Waals surface area contributed by atoms with Gasteiger partial charge < -0.3 is 9.47 Å². The fourth-order valence-corrected chi connectivity index (χ4v) is 1.01. The van der Waals surface area contributed by atoms with E-state index in [-0.39, 0.29) is 11.7 Å². The number of hydrogen-bond donors (Lipinski definition) is 0. The zero-order valence-corrected chi connectivity index (χ0v) is 5.91. The SMILES string of the molecule is C[C@@]1([C@H]2[CH][CH][CH][CH]O2)CO1. The minimum Gasteiger partial charge on any atom is -0.369 e. The van der Waals surface area contributed by atoms with Gasteiger partial charge >= 0.3 is 0 Å². The van der Waals surface area contributed by atoms with E-state index in [0.29, 0.717) is 0 Å². The maximum Gasteiger partial charge on any atom is 0.115 e. The molecule has 54 valence electrons. The predicted molar refractivity (Wildman–Crippen MR) is 36.4 cm³/mol. The highest BCUT2D eigenvalue weighted by molar-refractivity contribution is 5.15. The lowest BCUT2D eigenvalue weighted by atomic mass is 9.98. The third-order valence-electron chi connectivity index (χ3n) is 1.90. The first kappa shape index (κ1) is 6.62. The van der Waals surface area contributed by atoms with E-state index in [0.717, 1.165) is 6.61 Å². The molecule has 0 spiro atoms. The van der Waals surface area contributed by atoms with Gasteiger partial charge in [0, 0.05) is 0 Å². The zero-order chi connectivity index (χ0) is 7.03. The summed E-state index contributed by atoms with van der Waals surface area (Å²) in [7, 11) is 0. The number of rotatable bonds is 1. The molecule has 0 unspecified atom stereocenters. The number of epoxide rings is 1. The topological polar surface area (TPSA) is 21.8 Å². The van der Waals surface area contributed by atoms with Crippen molar-refractivity contribution in [2.75, 3.05) is 6.61 Å². The van der Waals surface area contributed by atoms with Gasteiger partial charge in [-0.25, -0.2) is 0 Å². The normalized spacial score (nSPS) is 47.1. The van der Waals surface area contributed by atoms with Crippen LogP contribution in [0.15, 0.2) is 0 Å². The fraction of sp³-hybridized carbons (Fsp3) is 0.500. The summed E-state index contributed by atoms with van der Waals surface area (Å²) in [6, 6.07) is 0. The zero-order valence-electron chi connectivity index (χ0n) is 5.91. The molecule has 2 saturated heterocycles. The maximum absolute atomic E-state index is 5.31. The van der Waals surface area contributed by atoms with E-state index in [9.17, 15) is 0 Å². The van der Waals surface area contributed by atoms with Crippen LogP contribution in [0.25, 0.3) is 0 Å². The van der Waals surface area contributed by atoms with Gasteiger partial charge in [-0.2, -0.15) is 0 Å². The van der Waals surface area contributed by atoms with E-state index in [2.05, 4.69) is 6.92 Å². The van der Waals surface area contributed by atoms with Crippen molar-refractivity contribution in [2.45, 2.75) is 18.6 Å². The third-order valence-corrected chi connectivity index (χ3v) is 1.90. The highest BCUT2D eigenvalue weighted by Crippen LogP contribution is 2.36. The molecule has 0 amide bonds. The van der Waals surface area contributed by atoms with Crippen LogP contribution in [0.4, 0.5) is 0 Å². The molecule has 2 nitrogen and oxygen atoms in total. The van der Waals surface area contributed by atoms with Crippen molar-refractivity contribution in [2.24, 2.45) is 0 Å². The minimum atomic E-state index is -0.0404. The Morgan fingerprint density at radius 3 is 2.80 bits per heavy atom. The first-order valence-electron chi connectivity index (χ1n) is 3.44. The summed E-state index contributed by atoms with van der Waals surface area (Å²) in [4.78, 5) is 0. The van der Waals surface area contributed by atoms with Crippen LogP contribution in [0.5, 0.6) is 0 Å². The van der Waals surface area contributed by atoms with Gasteiger partial charge in [0.15, 0.2) is 0 Å². The molecule has 0 aliphatic carbocycles. The van der Waals surface area contributed by atoms with E-state index in [1.54, 1.807) is 6.61 Å². The van der Waals surface area contributed by atoms with Crippen LogP contribution in [0.3, 0.4) is 0 Å². The molecule has 10 heavy (non-hydrogen) atoms. The van der Waals surface area contributed by atoms with E-state index < -0.39 is 0 Å². The number of ether oxygens (including phenoxy) is 2. The average molecular weight is 138 g/mol. The van der Waals surface area contributed by atoms with E-state index in [4.69, 9.17) is 9.47 Å². The number of hydrogen-bond acceptors (Lipinski definition) is 2. The highest BCUT2D eigenvalue weighted by atomic mass is 16.6. The molecule has 0 N–H and O–H groups in total. The van der Waals surface area contributed by atoms with Gasteiger partial charge in [0.2, 0.25) is 0 Å². The van der Waals surface area contributed by atoms with E-state index in [1.165, 1.54) is 0 Å². The Bertz CT molecular complexity index is 123. The van der Waals surface area contributed by atoms with Crippen LogP contribution in [-0.4, -0.2) is 18.3 Å². The molecule has 0 saturated carbocycles. The highest BCUT2D eigenvalue weighted by Gasteiger charge is 2.48. The monoisotopic (exact) mass is 138 g/mol. The van der Waals surface area contributed by atoms with Crippen LogP contribution >= 0.6 is 0 Å². The molecule has 2 aliphatic heterocycles. The molecule has 2 fully saturated rings. The quantitative estimate of drug-likeness (QED) is 0.503.